The van der Waals surface area contributed by atoms with E-state index in [1.807, 2.05) is 13.0 Å². The van der Waals surface area contributed by atoms with Gasteiger partial charge in [0.15, 0.2) is 5.82 Å². The van der Waals surface area contributed by atoms with Crippen molar-refractivity contribution in [1.29, 1.82) is 0 Å². The molecule has 0 atom stereocenters. The fourth-order valence-electron chi connectivity index (χ4n) is 1.37. The Labute approximate surface area is 121 Å². The molecule has 88 valence electrons. The zero-order chi connectivity index (χ0) is 12.6. The van der Waals surface area contributed by atoms with E-state index in [4.69, 9.17) is 17.3 Å². The van der Waals surface area contributed by atoms with Crippen molar-refractivity contribution in [2.24, 2.45) is 0 Å². The molecule has 0 fully saturated rings. The number of nitrogen functional groups attached to an aromatic ring is 1. The Morgan fingerprint density at radius 3 is 2.53 bits per heavy atom. The van der Waals surface area contributed by atoms with Crippen LogP contribution in [0.5, 0.6) is 0 Å². The molecule has 0 radical (unpaired) electrons. The average Bonchev–Trinajstić information content (AvgIpc) is 2.25. The molecule has 2 aromatic rings. The second-order valence-corrected chi connectivity index (χ2v) is 5.54. The maximum absolute atomic E-state index is 5.89. The van der Waals surface area contributed by atoms with Gasteiger partial charge in [0.1, 0.15) is 5.82 Å². The van der Waals surface area contributed by atoms with Crippen LogP contribution < -0.4 is 5.73 Å². The molecule has 0 aliphatic heterocycles. The first-order valence-electron chi connectivity index (χ1n) is 4.74. The van der Waals surface area contributed by atoms with Crippen molar-refractivity contribution in [2.45, 2.75) is 6.92 Å². The van der Waals surface area contributed by atoms with Gasteiger partial charge in [-0.1, -0.05) is 11.6 Å². The molecule has 2 rings (SSSR count). The van der Waals surface area contributed by atoms with E-state index in [-0.39, 0.29) is 0 Å². The molecule has 0 amide bonds. The van der Waals surface area contributed by atoms with Crippen molar-refractivity contribution in [2.75, 3.05) is 5.73 Å². The number of nitrogens with two attached hydrogens (primary N) is 1. The topological polar surface area (TPSA) is 51.8 Å². The molecule has 17 heavy (non-hydrogen) atoms. The van der Waals surface area contributed by atoms with Crippen LogP contribution in [0.1, 0.15) is 5.69 Å². The van der Waals surface area contributed by atoms with Crippen molar-refractivity contribution in [1.82, 2.24) is 9.97 Å². The molecule has 1 aromatic heterocycles. The highest BCUT2D eigenvalue weighted by Gasteiger charge is 2.11. The van der Waals surface area contributed by atoms with E-state index in [0.29, 0.717) is 16.7 Å². The van der Waals surface area contributed by atoms with Crippen LogP contribution in [0, 0.1) is 6.92 Å². The lowest BCUT2D eigenvalue weighted by Crippen LogP contribution is -2.00. The Balaban J connectivity index is 2.61. The number of halogens is 3. The standard InChI is InChI=1S/C11H8Br2ClN3/c1-5-9(13)10(15)17-11(16-5)7-3-2-6(14)4-8(7)12/h2-4H,1H3,(H2,15,16,17). The van der Waals surface area contributed by atoms with Crippen LogP contribution in [0.4, 0.5) is 5.82 Å². The summed E-state index contributed by atoms with van der Waals surface area (Å²) in [6.07, 6.45) is 0. The van der Waals surface area contributed by atoms with Gasteiger partial charge in [0.05, 0.1) is 10.2 Å². The summed E-state index contributed by atoms with van der Waals surface area (Å²) in [5.74, 6) is 1.00. The number of rotatable bonds is 1. The number of anilines is 1. The first-order chi connectivity index (χ1) is 7.99. The van der Waals surface area contributed by atoms with Gasteiger partial charge in [-0.15, -0.1) is 0 Å². The van der Waals surface area contributed by atoms with Gasteiger partial charge in [-0.2, -0.15) is 0 Å². The lowest BCUT2D eigenvalue weighted by Gasteiger charge is -2.07. The minimum atomic E-state index is 0.425. The summed E-state index contributed by atoms with van der Waals surface area (Å²) in [4.78, 5) is 8.62. The van der Waals surface area contributed by atoms with Gasteiger partial charge in [0.25, 0.3) is 0 Å². The van der Waals surface area contributed by atoms with Crippen LogP contribution >= 0.6 is 43.5 Å². The number of aromatic nitrogens is 2. The summed E-state index contributed by atoms with van der Waals surface area (Å²) < 4.78 is 1.57. The smallest absolute Gasteiger partial charge is 0.162 e. The van der Waals surface area contributed by atoms with Crippen LogP contribution in [0.25, 0.3) is 11.4 Å². The molecule has 0 bridgehead atoms. The Hall–Kier alpha value is -0.650. The van der Waals surface area contributed by atoms with Crippen LogP contribution in [0.15, 0.2) is 27.1 Å². The molecule has 2 N–H and O–H groups in total. The summed E-state index contributed by atoms with van der Waals surface area (Å²) >= 11 is 12.7. The second-order valence-electron chi connectivity index (χ2n) is 3.46. The quantitative estimate of drug-likeness (QED) is 0.810. The lowest BCUT2D eigenvalue weighted by atomic mass is 10.2. The van der Waals surface area contributed by atoms with E-state index in [2.05, 4.69) is 41.8 Å². The number of nitrogens with zero attached hydrogens (tertiary/aromatic N) is 2. The molecule has 1 heterocycles. The number of hydrogen-bond donors (Lipinski definition) is 1. The van der Waals surface area contributed by atoms with E-state index < -0.39 is 0 Å². The third-order valence-corrected chi connectivity index (χ3v) is 4.09. The van der Waals surface area contributed by atoms with E-state index in [1.165, 1.54) is 0 Å². The average molecular weight is 377 g/mol. The van der Waals surface area contributed by atoms with E-state index in [0.717, 1.165) is 20.2 Å². The first kappa shape index (κ1) is 12.8. The molecule has 0 aliphatic rings. The Kier molecular flexibility index (Phi) is 3.70. The van der Waals surface area contributed by atoms with E-state index in [9.17, 15) is 0 Å². The van der Waals surface area contributed by atoms with Crippen molar-refractivity contribution in [3.8, 4) is 11.4 Å². The molecule has 1 aromatic carbocycles. The van der Waals surface area contributed by atoms with Gasteiger partial charge in [-0.3, -0.25) is 0 Å². The Morgan fingerprint density at radius 1 is 1.24 bits per heavy atom. The number of aryl methyl sites for hydroxylation is 1. The number of benzene rings is 1. The van der Waals surface area contributed by atoms with Gasteiger partial charge in [0, 0.05) is 15.1 Å². The van der Waals surface area contributed by atoms with Crippen LogP contribution in [0.2, 0.25) is 5.02 Å². The Bertz CT molecular complexity index is 564. The highest BCUT2D eigenvalue weighted by atomic mass is 79.9. The van der Waals surface area contributed by atoms with Crippen LogP contribution in [-0.2, 0) is 0 Å². The summed E-state index contributed by atoms with van der Waals surface area (Å²) in [6, 6.07) is 5.45. The monoisotopic (exact) mass is 375 g/mol. The fourth-order valence-corrected chi connectivity index (χ4v) is 2.41. The van der Waals surface area contributed by atoms with Gasteiger partial charge >= 0.3 is 0 Å². The molecule has 6 heteroatoms. The predicted molar refractivity (Wildman–Crippen MR) is 77.0 cm³/mol. The molecule has 0 unspecified atom stereocenters. The minimum Gasteiger partial charge on any atom is -0.383 e. The molecule has 0 aliphatic carbocycles. The zero-order valence-corrected chi connectivity index (χ0v) is 12.8. The minimum absolute atomic E-state index is 0.425. The Morgan fingerprint density at radius 2 is 1.94 bits per heavy atom. The zero-order valence-electron chi connectivity index (χ0n) is 8.84. The van der Waals surface area contributed by atoms with Gasteiger partial charge < -0.3 is 5.73 Å². The second kappa shape index (κ2) is 4.92. The van der Waals surface area contributed by atoms with E-state index >= 15 is 0 Å². The summed E-state index contributed by atoms with van der Waals surface area (Å²) in [5, 5.41) is 0.655. The molecule has 3 nitrogen and oxygen atoms in total. The van der Waals surface area contributed by atoms with Crippen LogP contribution in [-0.4, -0.2) is 9.97 Å². The third kappa shape index (κ3) is 2.61. The summed E-state index contributed by atoms with van der Waals surface area (Å²) in [5.41, 5.74) is 7.46. The summed E-state index contributed by atoms with van der Waals surface area (Å²) in [7, 11) is 0. The van der Waals surface area contributed by atoms with Crippen molar-refractivity contribution < 1.29 is 0 Å². The third-order valence-electron chi connectivity index (χ3n) is 2.21. The maximum Gasteiger partial charge on any atom is 0.162 e. The summed E-state index contributed by atoms with van der Waals surface area (Å²) in [6.45, 7) is 1.87. The largest absolute Gasteiger partial charge is 0.383 e. The first-order valence-corrected chi connectivity index (χ1v) is 6.70. The normalized spacial score (nSPS) is 10.6. The molecule has 0 spiro atoms. The lowest BCUT2D eigenvalue weighted by molar-refractivity contribution is 1.10. The van der Waals surface area contributed by atoms with Crippen LogP contribution in [0.3, 0.4) is 0 Å². The highest BCUT2D eigenvalue weighted by molar-refractivity contribution is 9.11. The van der Waals surface area contributed by atoms with Crippen molar-refractivity contribution >= 4 is 49.3 Å². The van der Waals surface area contributed by atoms with Crippen molar-refractivity contribution in [3.05, 3.63) is 37.9 Å². The molecular formula is C11H8Br2ClN3. The molecule has 0 saturated heterocycles. The van der Waals surface area contributed by atoms with Crippen molar-refractivity contribution in [3.63, 3.8) is 0 Å². The van der Waals surface area contributed by atoms with E-state index in [1.54, 1.807) is 12.1 Å². The SMILES string of the molecule is Cc1nc(-c2ccc(Cl)cc2Br)nc(N)c1Br. The van der Waals surface area contributed by atoms with Gasteiger partial charge in [-0.05, 0) is 57.0 Å². The van der Waals surface area contributed by atoms with Gasteiger partial charge in [0.2, 0.25) is 0 Å². The predicted octanol–water partition coefficient (Wildman–Crippen LogP) is 4.21. The van der Waals surface area contributed by atoms with Gasteiger partial charge in [-0.25, -0.2) is 9.97 Å². The molecule has 0 saturated carbocycles. The maximum atomic E-state index is 5.89. The number of hydrogen-bond acceptors (Lipinski definition) is 3. The molecular weight excluding hydrogens is 369 g/mol. The highest BCUT2D eigenvalue weighted by Crippen LogP contribution is 2.31. The fraction of sp³-hybridized carbons (Fsp3) is 0.0909.